The fraction of sp³-hybridized carbons (Fsp3) is 0.484. The molecule has 214 valence electrons. The van der Waals surface area contributed by atoms with Crippen LogP contribution in [0.1, 0.15) is 61.9 Å². The van der Waals surface area contributed by atoms with Crippen molar-refractivity contribution in [2.24, 2.45) is 5.92 Å². The van der Waals surface area contributed by atoms with Gasteiger partial charge in [-0.05, 0) is 55.5 Å². The Kier molecular flexibility index (Phi) is 8.66. The van der Waals surface area contributed by atoms with Gasteiger partial charge in [0, 0.05) is 67.8 Å². The van der Waals surface area contributed by atoms with Crippen LogP contribution in [0.5, 0.6) is 0 Å². The standard InChI is InChI=1S/C31H39ClFN5O2/c1-21(2)19-35-13-15-36(16-14-35)25-9-6-23(7-10-25)27-11-8-24(32)17-29(27)37-12-4-5-26(20-37)38-30(22(3)33)28(18-34-38)31(39)40/h6-11,17-18,21-22,26H,4-5,12-16,19-20H2,1-3H3,(H,39,40). The normalized spacial score (nSPS) is 19.3. The summed E-state index contributed by atoms with van der Waals surface area (Å²) in [4.78, 5) is 18.9. The number of hydrogen-bond donors (Lipinski definition) is 1. The van der Waals surface area contributed by atoms with Crippen LogP contribution in [0.25, 0.3) is 11.1 Å². The second kappa shape index (κ2) is 12.2. The number of carboxylic acid groups (broad SMARTS) is 1. The van der Waals surface area contributed by atoms with E-state index in [0.717, 1.165) is 68.9 Å². The molecule has 2 unspecified atom stereocenters. The van der Waals surface area contributed by atoms with Gasteiger partial charge in [-0.2, -0.15) is 5.10 Å². The Morgan fingerprint density at radius 3 is 2.42 bits per heavy atom. The molecule has 0 spiro atoms. The zero-order valence-electron chi connectivity index (χ0n) is 23.6. The Morgan fingerprint density at radius 1 is 1.05 bits per heavy atom. The molecule has 1 N–H and O–H groups in total. The predicted octanol–water partition coefficient (Wildman–Crippen LogP) is 6.55. The molecule has 3 aromatic rings. The van der Waals surface area contributed by atoms with Gasteiger partial charge in [-0.25, -0.2) is 9.18 Å². The van der Waals surface area contributed by atoms with E-state index in [-0.39, 0.29) is 17.3 Å². The topological polar surface area (TPSA) is 64.8 Å². The Labute approximate surface area is 241 Å². The number of aromatic nitrogens is 2. The van der Waals surface area contributed by atoms with Gasteiger partial charge < -0.3 is 14.9 Å². The van der Waals surface area contributed by atoms with Crippen LogP contribution in [0, 0.1) is 5.92 Å². The van der Waals surface area contributed by atoms with E-state index in [1.165, 1.54) is 18.8 Å². The quantitative estimate of drug-likeness (QED) is 0.333. The number of nitrogens with zero attached hydrogens (tertiary/aromatic N) is 5. The predicted molar refractivity (Wildman–Crippen MR) is 160 cm³/mol. The highest BCUT2D eigenvalue weighted by atomic mass is 35.5. The van der Waals surface area contributed by atoms with Crippen LogP contribution < -0.4 is 9.80 Å². The van der Waals surface area contributed by atoms with Crippen molar-refractivity contribution in [1.29, 1.82) is 0 Å². The molecule has 2 atom stereocenters. The van der Waals surface area contributed by atoms with E-state index in [2.05, 4.69) is 64.0 Å². The largest absolute Gasteiger partial charge is 0.478 e. The van der Waals surface area contributed by atoms with Crippen LogP contribution >= 0.6 is 11.6 Å². The van der Waals surface area contributed by atoms with E-state index >= 15 is 0 Å². The second-order valence-corrected chi connectivity index (χ2v) is 11.9. The lowest BCUT2D eigenvalue weighted by Crippen LogP contribution is -2.47. The highest BCUT2D eigenvalue weighted by Crippen LogP contribution is 2.38. The summed E-state index contributed by atoms with van der Waals surface area (Å²) >= 11 is 6.48. The number of benzene rings is 2. The van der Waals surface area contributed by atoms with Crippen molar-refractivity contribution in [1.82, 2.24) is 14.7 Å². The summed E-state index contributed by atoms with van der Waals surface area (Å²) in [5, 5.41) is 14.5. The van der Waals surface area contributed by atoms with E-state index in [1.807, 2.05) is 12.1 Å². The first-order valence-corrected chi connectivity index (χ1v) is 14.7. The van der Waals surface area contributed by atoms with Crippen molar-refractivity contribution < 1.29 is 14.3 Å². The van der Waals surface area contributed by atoms with Crippen molar-refractivity contribution in [3.8, 4) is 11.1 Å². The van der Waals surface area contributed by atoms with Gasteiger partial charge in [-0.15, -0.1) is 0 Å². The average molecular weight is 568 g/mol. The number of carboxylic acids is 1. The number of alkyl halides is 1. The molecule has 2 aliphatic heterocycles. The van der Waals surface area contributed by atoms with Crippen LogP contribution in [-0.2, 0) is 0 Å². The first kappa shape index (κ1) is 28.4. The fourth-order valence-corrected chi connectivity index (χ4v) is 6.33. The third-order valence-corrected chi connectivity index (χ3v) is 8.26. The molecule has 2 saturated heterocycles. The molecule has 3 heterocycles. The van der Waals surface area contributed by atoms with Gasteiger partial charge in [0.1, 0.15) is 11.7 Å². The lowest BCUT2D eigenvalue weighted by Gasteiger charge is -2.37. The van der Waals surface area contributed by atoms with Crippen LogP contribution in [0.2, 0.25) is 5.02 Å². The van der Waals surface area contributed by atoms with Crippen LogP contribution in [-0.4, -0.2) is 71.6 Å². The number of aromatic carboxylic acids is 1. The molecule has 7 nitrogen and oxygen atoms in total. The van der Waals surface area contributed by atoms with Crippen LogP contribution in [0.4, 0.5) is 15.8 Å². The van der Waals surface area contributed by atoms with E-state index in [0.29, 0.717) is 17.5 Å². The van der Waals surface area contributed by atoms with E-state index in [9.17, 15) is 14.3 Å². The van der Waals surface area contributed by atoms with Gasteiger partial charge in [0.15, 0.2) is 0 Å². The molecule has 2 fully saturated rings. The van der Waals surface area contributed by atoms with Gasteiger partial charge in [0.2, 0.25) is 0 Å². The molecule has 0 amide bonds. The summed E-state index contributed by atoms with van der Waals surface area (Å²) in [7, 11) is 0. The minimum Gasteiger partial charge on any atom is -0.478 e. The number of carbonyl (C=O) groups is 1. The summed E-state index contributed by atoms with van der Waals surface area (Å²) < 4.78 is 16.1. The number of halogens is 2. The molecule has 0 aliphatic carbocycles. The molecule has 0 bridgehead atoms. The summed E-state index contributed by atoms with van der Waals surface area (Å²) in [5.41, 5.74) is 4.52. The Morgan fingerprint density at radius 2 is 1.77 bits per heavy atom. The van der Waals surface area contributed by atoms with Crippen molar-refractivity contribution >= 4 is 28.9 Å². The van der Waals surface area contributed by atoms with E-state index in [1.54, 1.807) is 4.68 Å². The van der Waals surface area contributed by atoms with Crippen LogP contribution in [0.15, 0.2) is 48.7 Å². The Hall–Kier alpha value is -3.10. The number of anilines is 2. The Balaban J connectivity index is 1.36. The molecule has 2 aliphatic rings. The highest BCUT2D eigenvalue weighted by molar-refractivity contribution is 6.31. The van der Waals surface area contributed by atoms with Gasteiger partial charge >= 0.3 is 5.97 Å². The van der Waals surface area contributed by atoms with Crippen molar-refractivity contribution in [3.05, 3.63) is 64.9 Å². The first-order chi connectivity index (χ1) is 19.2. The maximum Gasteiger partial charge on any atom is 0.339 e. The molecule has 9 heteroatoms. The number of piperidine rings is 1. The summed E-state index contributed by atoms with van der Waals surface area (Å²) in [6.45, 7) is 12.7. The van der Waals surface area contributed by atoms with Crippen molar-refractivity contribution in [2.45, 2.75) is 45.8 Å². The van der Waals surface area contributed by atoms with Gasteiger partial charge in [0.05, 0.1) is 17.9 Å². The summed E-state index contributed by atoms with van der Waals surface area (Å²) in [6, 6.07) is 14.6. The molecular formula is C31H39ClFN5O2. The zero-order chi connectivity index (χ0) is 28.4. The summed E-state index contributed by atoms with van der Waals surface area (Å²) in [5.74, 6) is -0.470. The Bertz CT molecular complexity index is 1320. The number of hydrogen-bond acceptors (Lipinski definition) is 5. The van der Waals surface area contributed by atoms with Gasteiger partial charge in [-0.1, -0.05) is 43.6 Å². The second-order valence-electron chi connectivity index (χ2n) is 11.4. The van der Waals surface area contributed by atoms with E-state index < -0.39 is 12.1 Å². The molecule has 0 radical (unpaired) electrons. The highest BCUT2D eigenvalue weighted by Gasteiger charge is 2.30. The molecule has 0 saturated carbocycles. The summed E-state index contributed by atoms with van der Waals surface area (Å²) in [6.07, 6.45) is 1.51. The minimum absolute atomic E-state index is 0.0722. The molecular weight excluding hydrogens is 529 g/mol. The lowest BCUT2D eigenvalue weighted by atomic mass is 9.99. The first-order valence-electron chi connectivity index (χ1n) is 14.3. The third-order valence-electron chi connectivity index (χ3n) is 8.02. The maximum absolute atomic E-state index is 14.5. The van der Waals surface area contributed by atoms with Gasteiger partial charge in [-0.3, -0.25) is 9.58 Å². The molecule has 1 aromatic heterocycles. The fourth-order valence-electron chi connectivity index (χ4n) is 6.16. The average Bonchev–Trinajstić information content (AvgIpc) is 3.40. The lowest BCUT2D eigenvalue weighted by molar-refractivity contribution is 0.0693. The SMILES string of the molecule is CC(C)CN1CCN(c2ccc(-c3ccc(Cl)cc3N3CCCC(n4ncc(C(=O)O)c4C(C)F)C3)cc2)CC1. The van der Waals surface area contributed by atoms with Crippen molar-refractivity contribution in [2.75, 3.05) is 55.6 Å². The molecule has 5 rings (SSSR count). The maximum atomic E-state index is 14.5. The van der Waals surface area contributed by atoms with E-state index in [4.69, 9.17) is 11.6 Å². The smallest absolute Gasteiger partial charge is 0.339 e. The van der Waals surface area contributed by atoms with Gasteiger partial charge in [0.25, 0.3) is 0 Å². The molecule has 2 aromatic carbocycles. The van der Waals surface area contributed by atoms with Crippen LogP contribution in [0.3, 0.4) is 0 Å². The number of rotatable bonds is 8. The minimum atomic E-state index is -1.43. The zero-order valence-corrected chi connectivity index (χ0v) is 24.3. The number of piperazine rings is 1. The third kappa shape index (κ3) is 6.13. The monoisotopic (exact) mass is 567 g/mol. The van der Waals surface area contributed by atoms with Crippen molar-refractivity contribution in [3.63, 3.8) is 0 Å². The molecule has 40 heavy (non-hydrogen) atoms.